The minimum absolute atomic E-state index is 0.0534. The summed E-state index contributed by atoms with van der Waals surface area (Å²) in [5, 5.41) is 12.3. The van der Waals surface area contributed by atoms with E-state index >= 15 is 4.39 Å². The third-order valence-electron chi connectivity index (χ3n) is 7.18. The summed E-state index contributed by atoms with van der Waals surface area (Å²) in [6.07, 6.45) is 7.34. The van der Waals surface area contributed by atoms with Crippen LogP contribution >= 0.6 is 0 Å². The Bertz CT molecular complexity index is 1510. The van der Waals surface area contributed by atoms with Crippen molar-refractivity contribution in [2.75, 3.05) is 37.6 Å². The number of amides is 2. The molecule has 1 aliphatic carbocycles. The predicted molar refractivity (Wildman–Crippen MR) is 141 cm³/mol. The molecule has 1 aliphatic heterocycles. The molecular formula is C28H31FN5O5+. The smallest absolute Gasteiger partial charge is 0.341 e. The largest absolute Gasteiger partial charge is 0.477 e. The first-order chi connectivity index (χ1) is 18.8. The van der Waals surface area contributed by atoms with Gasteiger partial charge in [-0.15, -0.1) is 0 Å². The first-order valence-corrected chi connectivity index (χ1v) is 13.2. The highest BCUT2D eigenvalue weighted by Crippen LogP contribution is 2.38. The number of hydrogen-bond donors (Lipinski definition) is 2. The monoisotopic (exact) mass is 536 g/mol. The van der Waals surface area contributed by atoms with E-state index in [4.69, 9.17) is 0 Å². The van der Waals surface area contributed by atoms with Crippen molar-refractivity contribution in [3.63, 3.8) is 0 Å². The first-order valence-electron chi connectivity index (χ1n) is 13.2. The molecule has 2 amide bonds. The van der Waals surface area contributed by atoms with Crippen LogP contribution in [0.4, 0.5) is 10.1 Å². The molecule has 39 heavy (non-hydrogen) atoms. The van der Waals surface area contributed by atoms with Crippen LogP contribution in [0.5, 0.6) is 0 Å². The summed E-state index contributed by atoms with van der Waals surface area (Å²) in [7, 11) is 0. The molecule has 10 nitrogen and oxygen atoms in total. The summed E-state index contributed by atoms with van der Waals surface area (Å²) < 4.78 is 18.7. The predicted octanol–water partition coefficient (Wildman–Crippen LogP) is 1.95. The van der Waals surface area contributed by atoms with Gasteiger partial charge in [-0.2, -0.15) is 4.57 Å². The number of carbonyl (C=O) groups is 3. The van der Waals surface area contributed by atoms with Crippen LogP contribution in [0.1, 0.15) is 52.9 Å². The van der Waals surface area contributed by atoms with Gasteiger partial charge in [0.25, 0.3) is 11.8 Å². The van der Waals surface area contributed by atoms with Gasteiger partial charge in [-0.3, -0.25) is 14.4 Å². The van der Waals surface area contributed by atoms with Gasteiger partial charge in [-0.25, -0.2) is 9.18 Å². The molecule has 0 atom stereocenters. The molecule has 0 spiro atoms. The van der Waals surface area contributed by atoms with E-state index in [1.807, 2.05) is 11.8 Å². The molecule has 5 rings (SSSR count). The summed E-state index contributed by atoms with van der Waals surface area (Å²) in [6.45, 7) is 4.22. The fourth-order valence-corrected chi connectivity index (χ4v) is 4.97. The second kappa shape index (κ2) is 10.8. The quantitative estimate of drug-likeness (QED) is 0.426. The molecule has 1 saturated heterocycles. The number of rotatable bonds is 8. The normalized spacial score (nSPS) is 15.4. The third-order valence-corrected chi connectivity index (χ3v) is 7.18. The minimum atomic E-state index is -1.33. The van der Waals surface area contributed by atoms with Crippen molar-refractivity contribution in [1.29, 1.82) is 0 Å². The molecule has 1 aromatic carbocycles. The lowest BCUT2D eigenvalue weighted by molar-refractivity contribution is -0.684. The summed E-state index contributed by atoms with van der Waals surface area (Å²) in [5.41, 5.74) is 0.242. The number of benzene rings is 1. The summed E-state index contributed by atoms with van der Waals surface area (Å²) in [5.74, 6) is -2.22. The van der Waals surface area contributed by atoms with Gasteiger partial charge in [0.15, 0.2) is 12.4 Å². The van der Waals surface area contributed by atoms with Gasteiger partial charge in [-0.05, 0) is 37.5 Å². The first kappa shape index (κ1) is 26.3. The highest BCUT2D eigenvalue weighted by molar-refractivity contribution is 5.94. The maximum atomic E-state index is 15.3. The van der Waals surface area contributed by atoms with Gasteiger partial charge in [0.05, 0.1) is 11.2 Å². The Morgan fingerprint density at radius 3 is 2.56 bits per heavy atom. The number of aromatic carboxylic acids is 1. The van der Waals surface area contributed by atoms with Crippen molar-refractivity contribution in [1.82, 2.24) is 14.8 Å². The van der Waals surface area contributed by atoms with E-state index < -0.39 is 17.2 Å². The zero-order valence-electron chi connectivity index (χ0n) is 21.7. The van der Waals surface area contributed by atoms with Crippen LogP contribution in [-0.4, -0.2) is 65.1 Å². The molecule has 2 fully saturated rings. The van der Waals surface area contributed by atoms with E-state index in [1.54, 1.807) is 44.6 Å². The van der Waals surface area contributed by atoms with E-state index in [0.29, 0.717) is 49.5 Å². The van der Waals surface area contributed by atoms with Crippen molar-refractivity contribution in [2.24, 2.45) is 0 Å². The van der Waals surface area contributed by atoms with E-state index in [2.05, 4.69) is 5.32 Å². The number of hydrogen-bond acceptors (Lipinski definition) is 5. The average molecular weight is 537 g/mol. The Morgan fingerprint density at radius 1 is 1.15 bits per heavy atom. The van der Waals surface area contributed by atoms with E-state index in [0.717, 1.165) is 25.3 Å². The highest BCUT2D eigenvalue weighted by Gasteiger charge is 2.29. The molecule has 11 heteroatoms. The number of carboxylic acid groups (broad SMARTS) is 1. The molecule has 204 valence electrons. The second-order valence-electron chi connectivity index (χ2n) is 10.0. The highest BCUT2D eigenvalue weighted by atomic mass is 19.1. The van der Waals surface area contributed by atoms with Gasteiger partial charge in [0, 0.05) is 56.4 Å². The molecular weight excluding hydrogens is 505 g/mol. The molecule has 0 unspecified atom stereocenters. The van der Waals surface area contributed by atoms with Gasteiger partial charge < -0.3 is 24.8 Å². The van der Waals surface area contributed by atoms with E-state index in [1.165, 1.54) is 6.20 Å². The molecule has 2 aliphatic rings. The van der Waals surface area contributed by atoms with Crippen molar-refractivity contribution in [3.05, 3.63) is 70.0 Å². The van der Waals surface area contributed by atoms with Gasteiger partial charge >= 0.3 is 5.97 Å². The number of piperazine rings is 1. The number of carboxylic acids is 1. The lowest BCUT2D eigenvalue weighted by Gasteiger charge is -2.36. The standard InChI is InChI=1S/C28H30FN5O5/c1-2-7-30-25(35)17-31-8-3-4-18(15-31)27(37)33-11-9-32(10-12-33)24-14-23-20(13-22(24)29)26(36)21(28(38)39)16-34(23)19-5-6-19/h3-4,8,13-16,19H,2,5-7,9-12,17H2,1H3,(H-,30,35,38,39)/p+1. The molecule has 2 aromatic heterocycles. The molecule has 3 aromatic rings. The Kier molecular flexibility index (Phi) is 7.32. The lowest BCUT2D eigenvalue weighted by atomic mass is 10.1. The minimum Gasteiger partial charge on any atom is -0.477 e. The SMILES string of the molecule is CCCNC(=O)C[n+]1cccc(C(=O)N2CCN(c3cc4c(cc3F)c(=O)c(C(=O)O)cn4C3CC3)CC2)c1. The number of nitrogens with zero attached hydrogens (tertiary/aromatic N) is 4. The number of anilines is 1. The molecule has 0 radical (unpaired) electrons. The topological polar surface area (TPSA) is 116 Å². The Labute approximate surface area is 224 Å². The number of carbonyl (C=O) groups excluding carboxylic acids is 2. The summed E-state index contributed by atoms with van der Waals surface area (Å²) >= 11 is 0. The number of fused-ring (bicyclic) bond motifs is 1. The maximum Gasteiger partial charge on any atom is 0.341 e. The molecule has 1 saturated carbocycles. The number of halogens is 1. The zero-order chi connectivity index (χ0) is 27.7. The third kappa shape index (κ3) is 5.47. The zero-order valence-corrected chi connectivity index (χ0v) is 21.7. The van der Waals surface area contributed by atoms with Crippen LogP contribution in [-0.2, 0) is 11.3 Å². The van der Waals surface area contributed by atoms with E-state index in [-0.39, 0.29) is 35.4 Å². The maximum absolute atomic E-state index is 15.3. The van der Waals surface area contributed by atoms with Crippen LogP contribution in [0.25, 0.3) is 10.9 Å². The van der Waals surface area contributed by atoms with Gasteiger partial charge in [-0.1, -0.05) is 6.92 Å². The van der Waals surface area contributed by atoms with Crippen LogP contribution in [0, 0.1) is 5.82 Å². The Hall–Kier alpha value is -4.28. The average Bonchev–Trinajstić information content (AvgIpc) is 3.77. The van der Waals surface area contributed by atoms with Gasteiger partial charge in [0.1, 0.15) is 16.9 Å². The lowest BCUT2D eigenvalue weighted by Crippen LogP contribution is -2.49. The van der Waals surface area contributed by atoms with Crippen LogP contribution in [0.15, 0.2) is 47.7 Å². The van der Waals surface area contributed by atoms with Crippen LogP contribution < -0.4 is 20.2 Å². The van der Waals surface area contributed by atoms with Crippen molar-refractivity contribution >= 4 is 34.4 Å². The second-order valence-corrected chi connectivity index (χ2v) is 10.0. The fourth-order valence-electron chi connectivity index (χ4n) is 4.97. The molecule has 3 heterocycles. The van der Waals surface area contributed by atoms with Crippen LogP contribution in [0.3, 0.4) is 0 Å². The number of aromatic nitrogens is 2. The summed E-state index contributed by atoms with van der Waals surface area (Å²) in [6, 6.07) is 6.29. The number of nitrogens with one attached hydrogen (secondary N) is 1. The Balaban J connectivity index is 1.32. The molecule has 2 N–H and O–H groups in total. The van der Waals surface area contributed by atoms with E-state index in [9.17, 15) is 24.3 Å². The number of pyridine rings is 2. The van der Waals surface area contributed by atoms with Gasteiger partial charge in [0.2, 0.25) is 12.0 Å². The van der Waals surface area contributed by atoms with Crippen molar-refractivity contribution in [2.45, 2.75) is 38.8 Å². The summed E-state index contributed by atoms with van der Waals surface area (Å²) in [4.78, 5) is 53.1. The van der Waals surface area contributed by atoms with Crippen molar-refractivity contribution in [3.8, 4) is 0 Å². The van der Waals surface area contributed by atoms with Crippen LogP contribution in [0.2, 0.25) is 0 Å². The Morgan fingerprint density at radius 2 is 1.90 bits per heavy atom. The molecule has 0 bridgehead atoms. The van der Waals surface area contributed by atoms with Crippen molar-refractivity contribution < 1.29 is 28.4 Å². The fraction of sp³-hybridized carbons (Fsp3) is 0.393.